The van der Waals surface area contributed by atoms with E-state index in [0.29, 0.717) is 25.4 Å². The highest BCUT2D eigenvalue weighted by atomic mass is 19.3. The van der Waals surface area contributed by atoms with E-state index in [1.165, 1.54) is 12.1 Å². The summed E-state index contributed by atoms with van der Waals surface area (Å²) in [5.41, 5.74) is 0.466. The van der Waals surface area contributed by atoms with Gasteiger partial charge in [-0.2, -0.15) is 0 Å². The van der Waals surface area contributed by atoms with Gasteiger partial charge in [-0.25, -0.2) is 8.78 Å². The number of hydrogen-bond donors (Lipinski definition) is 1. The molecule has 7 heteroatoms. The van der Waals surface area contributed by atoms with E-state index in [4.69, 9.17) is 9.47 Å². The topological polar surface area (TPSA) is 59.0 Å². The van der Waals surface area contributed by atoms with Gasteiger partial charge in [-0.1, -0.05) is 12.1 Å². The molecule has 1 unspecified atom stereocenters. The molecule has 1 saturated carbocycles. The van der Waals surface area contributed by atoms with Gasteiger partial charge in [0.1, 0.15) is 6.10 Å². The molecule has 4 rings (SSSR count). The van der Waals surface area contributed by atoms with Gasteiger partial charge >= 0.3 is 0 Å². The summed E-state index contributed by atoms with van der Waals surface area (Å²) < 4.78 is 36.7. The summed E-state index contributed by atoms with van der Waals surface area (Å²) in [6, 6.07) is 6.18. The van der Waals surface area contributed by atoms with E-state index in [0.717, 1.165) is 32.1 Å². The van der Waals surface area contributed by atoms with Crippen molar-refractivity contribution in [3.8, 4) is 0 Å². The molecule has 5 nitrogen and oxygen atoms in total. The number of hydrogen-bond acceptors (Lipinski definition) is 4. The van der Waals surface area contributed by atoms with Crippen LogP contribution in [0.5, 0.6) is 0 Å². The van der Waals surface area contributed by atoms with Crippen LogP contribution >= 0.6 is 0 Å². The monoisotopic (exact) mass is 367 g/mol. The van der Waals surface area contributed by atoms with Crippen LogP contribution in [-0.4, -0.2) is 43.0 Å². The van der Waals surface area contributed by atoms with Crippen LogP contribution in [0.1, 0.15) is 43.8 Å². The Morgan fingerprint density at radius 1 is 1.00 bits per heavy atom. The smallest absolute Gasteiger partial charge is 0.268 e. The molecule has 1 aliphatic carbocycles. The zero-order chi connectivity index (χ0) is 18.4. The van der Waals surface area contributed by atoms with E-state index >= 15 is 0 Å². The highest BCUT2D eigenvalue weighted by molar-refractivity contribution is 6.00. The first-order valence-electron chi connectivity index (χ1n) is 9.11. The van der Waals surface area contributed by atoms with Crippen LogP contribution in [0.15, 0.2) is 24.3 Å². The Kier molecular flexibility index (Phi) is 4.49. The van der Waals surface area contributed by atoms with Gasteiger partial charge in [0.05, 0.1) is 18.6 Å². The van der Waals surface area contributed by atoms with Crippen molar-refractivity contribution >= 4 is 11.6 Å². The molecule has 2 spiro atoms. The number of alkyl halides is 2. The minimum atomic E-state index is -2.83. The zero-order valence-electron chi connectivity index (χ0n) is 14.5. The van der Waals surface area contributed by atoms with Crippen LogP contribution in [0.25, 0.3) is 0 Å². The second kappa shape index (κ2) is 6.55. The first-order valence-corrected chi connectivity index (χ1v) is 9.11. The van der Waals surface area contributed by atoms with E-state index in [9.17, 15) is 18.7 Å². The molecule has 2 saturated heterocycles. The van der Waals surface area contributed by atoms with Gasteiger partial charge in [0, 0.05) is 25.1 Å². The first-order chi connectivity index (χ1) is 12.4. The Morgan fingerprint density at radius 2 is 1.62 bits per heavy atom. The van der Waals surface area contributed by atoms with Crippen LogP contribution in [0.3, 0.4) is 0 Å². The largest absolute Gasteiger partial charge is 0.382 e. The number of ether oxygens (including phenoxy) is 2. The molecule has 1 aromatic rings. The Hall–Kier alpha value is -1.57. The van der Waals surface area contributed by atoms with Gasteiger partial charge in [0.2, 0.25) is 5.91 Å². The number of amides is 1. The molecule has 3 aliphatic rings. The Morgan fingerprint density at radius 3 is 2.19 bits per heavy atom. The minimum absolute atomic E-state index is 0.0903. The van der Waals surface area contributed by atoms with E-state index in [-0.39, 0.29) is 16.9 Å². The number of halogens is 2. The van der Waals surface area contributed by atoms with Gasteiger partial charge in [0.25, 0.3) is 6.43 Å². The van der Waals surface area contributed by atoms with Crippen molar-refractivity contribution in [2.24, 2.45) is 5.41 Å². The number of rotatable bonds is 3. The first kappa shape index (κ1) is 17.8. The minimum Gasteiger partial charge on any atom is -0.382 e. The average Bonchev–Trinajstić information content (AvgIpc) is 3.23. The van der Waals surface area contributed by atoms with Crippen LogP contribution in [0.2, 0.25) is 0 Å². The Bertz CT molecular complexity index is 663. The molecule has 1 aromatic carbocycles. The second-order valence-corrected chi connectivity index (χ2v) is 7.47. The van der Waals surface area contributed by atoms with Gasteiger partial charge in [0.15, 0.2) is 5.79 Å². The lowest BCUT2D eigenvalue weighted by Crippen LogP contribution is -2.44. The lowest BCUT2D eigenvalue weighted by atomic mass is 9.71. The quantitative estimate of drug-likeness (QED) is 0.892. The van der Waals surface area contributed by atoms with Crippen LogP contribution in [-0.2, 0) is 14.3 Å². The third-order valence-corrected chi connectivity index (χ3v) is 6.08. The molecule has 2 aliphatic heterocycles. The Labute approximate surface area is 150 Å². The maximum absolute atomic E-state index is 13.1. The van der Waals surface area contributed by atoms with Crippen molar-refractivity contribution in [1.29, 1.82) is 0 Å². The molecule has 26 heavy (non-hydrogen) atoms. The number of carbonyl (C=O) groups is 1. The summed E-state index contributed by atoms with van der Waals surface area (Å²) in [5, 5.41) is 9.45. The molecular weight excluding hydrogens is 344 g/mol. The van der Waals surface area contributed by atoms with E-state index in [2.05, 4.69) is 0 Å². The number of nitrogens with zero attached hydrogens (tertiary/aromatic N) is 1. The van der Waals surface area contributed by atoms with Crippen molar-refractivity contribution in [3.63, 3.8) is 0 Å². The molecule has 1 amide bonds. The lowest BCUT2D eigenvalue weighted by molar-refractivity contribution is -0.191. The van der Waals surface area contributed by atoms with Crippen LogP contribution < -0.4 is 4.90 Å². The lowest BCUT2D eigenvalue weighted by Gasteiger charge is -2.40. The van der Waals surface area contributed by atoms with Gasteiger partial charge in [-0.3, -0.25) is 4.79 Å². The summed E-state index contributed by atoms with van der Waals surface area (Å²) in [6.45, 7) is 1.85. The fraction of sp³-hybridized carbons (Fsp3) is 0.632. The average molecular weight is 367 g/mol. The number of benzene rings is 1. The fourth-order valence-corrected chi connectivity index (χ4v) is 4.42. The van der Waals surface area contributed by atoms with E-state index in [1.807, 2.05) is 0 Å². The van der Waals surface area contributed by atoms with E-state index < -0.39 is 18.3 Å². The van der Waals surface area contributed by atoms with Crippen LogP contribution in [0.4, 0.5) is 14.5 Å². The van der Waals surface area contributed by atoms with Crippen molar-refractivity contribution in [2.75, 3.05) is 24.7 Å². The maximum atomic E-state index is 13.1. The molecule has 1 N–H and O–H groups in total. The molecule has 0 aromatic heterocycles. The predicted octanol–water partition coefficient (Wildman–Crippen LogP) is 3.03. The molecule has 142 valence electrons. The Balaban J connectivity index is 1.46. The van der Waals surface area contributed by atoms with Gasteiger partial charge < -0.3 is 19.5 Å². The van der Waals surface area contributed by atoms with Crippen molar-refractivity contribution in [2.45, 2.75) is 50.4 Å². The molecule has 2 heterocycles. The highest BCUT2D eigenvalue weighted by Gasteiger charge is 2.53. The van der Waals surface area contributed by atoms with E-state index in [1.54, 1.807) is 17.0 Å². The summed E-state index contributed by atoms with van der Waals surface area (Å²) in [5.74, 6) is -0.404. The standard InChI is InChI=1S/C19H23F2NO4/c20-16(21)15(23)13-1-3-14(4-2-13)22-10-9-18(17(22)24)5-7-19(8-6-18)25-11-12-26-19/h1-4,15-16,23H,5-12H2. The van der Waals surface area contributed by atoms with Crippen molar-refractivity contribution < 1.29 is 28.2 Å². The highest BCUT2D eigenvalue weighted by Crippen LogP contribution is 2.50. The molecule has 0 radical (unpaired) electrons. The molecule has 1 atom stereocenters. The SMILES string of the molecule is O=C1N(c2ccc(C(O)C(F)F)cc2)CCC12CCC1(CC2)OCCO1. The normalized spacial score (nSPS) is 25.5. The van der Waals surface area contributed by atoms with Crippen molar-refractivity contribution in [1.82, 2.24) is 0 Å². The number of aliphatic hydroxyl groups excluding tert-OH is 1. The third kappa shape index (κ3) is 2.92. The summed E-state index contributed by atoms with van der Waals surface area (Å²) in [6.07, 6.45) is -0.908. The number of aliphatic hydroxyl groups is 1. The maximum Gasteiger partial charge on any atom is 0.268 e. The number of anilines is 1. The predicted molar refractivity (Wildman–Crippen MR) is 89.9 cm³/mol. The fourth-order valence-electron chi connectivity index (χ4n) is 4.42. The van der Waals surface area contributed by atoms with Crippen LogP contribution in [0, 0.1) is 5.41 Å². The van der Waals surface area contributed by atoms with Crippen molar-refractivity contribution in [3.05, 3.63) is 29.8 Å². The summed E-state index contributed by atoms with van der Waals surface area (Å²) >= 11 is 0. The van der Waals surface area contributed by atoms with Gasteiger partial charge in [-0.05, 0) is 37.0 Å². The molecule has 0 bridgehead atoms. The number of carbonyl (C=O) groups excluding carboxylic acids is 1. The zero-order valence-corrected chi connectivity index (χ0v) is 14.5. The summed E-state index contributed by atoms with van der Waals surface area (Å²) in [7, 11) is 0. The third-order valence-electron chi connectivity index (χ3n) is 6.08. The molecule has 3 fully saturated rings. The second-order valence-electron chi connectivity index (χ2n) is 7.47. The van der Waals surface area contributed by atoms with Gasteiger partial charge in [-0.15, -0.1) is 0 Å². The summed E-state index contributed by atoms with van der Waals surface area (Å²) in [4.78, 5) is 14.8. The molecular formula is C19H23F2NO4.